The van der Waals surface area contributed by atoms with Crippen LogP contribution in [0.25, 0.3) is 11.1 Å². The van der Waals surface area contributed by atoms with Crippen LogP contribution in [0.15, 0.2) is 42.5 Å². The van der Waals surface area contributed by atoms with E-state index in [1.807, 2.05) is 30.3 Å². The number of hydrogen-bond donors (Lipinski definition) is 1. The number of methoxy groups -OCH3 is 1. The highest BCUT2D eigenvalue weighted by Gasteiger charge is 2.24. The van der Waals surface area contributed by atoms with Crippen LogP contribution in [-0.2, 0) is 6.54 Å². The normalized spacial score (nSPS) is 19.1. The van der Waals surface area contributed by atoms with Gasteiger partial charge in [0.15, 0.2) is 0 Å². The number of rotatable bonds is 8. The van der Waals surface area contributed by atoms with E-state index in [0.29, 0.717) is 11.6 Å². The minimum absolute atomic E-state index is 0.574. The van der Waals surface area contributed by atoms with Gasteiger partial charge in [0, 0.05) is 24.2 Å². The summed E-state index contributed by atoms with van der Waals surface area (Å²) in [5, 5.41) is 12.8. The SMILES string of the molecule is CCN(CC)C1CCC(NCc2cc(-c3ccc(C#N)cc3)ccc2OC)CC1. The molecule has 1 fully saturated rings. The van der Waals surface area contributed by atoms with Crippen LogP contribution in [0.3, 0.4) is 0 Å². The molecular weight excluding hydrogens is 358 g/mol. The Morgan fingerprint density at radius 3 is 2.24 bits per heavy atom. The summed E-state index contributed by atoms with van der Waals surface area (Å²) in [6.07, 6.45) is 5.03. The Morgan fingerprint density at radius 2 is 1.66 bits per heavy atom. The summed E-state index contributed by atoms with van der Waals surface area (Å²) in [7, 11) is 1.73. The fraction of sp³-hybridized carbons (Fsp3) is 0.480. The van der Waals surface area contributed by atoms with Gasteiger partial charge in [0.2, 0.25) is 0 Å². The number of nitrogens with one attached hydrogen (secondary N) is 1. The molecule has 1 saturated carbocycles. The number of nitriles is 1. The average Bonchev–Trinajstić information content (AvgIpc) is 2.79. The lowest BCUT2D eigenvalue weighted by atomic mass is 9.90. The minimum atomic E-state index is 0.574. The topological polar surface area (TPSA) is 48.3 Å². The molecule has 3 rings (SSSR count). The van der Waals surface area contributed by atoms with Crippen LogP contribution in [0.1, 0.15) is 50.7 Å². The van der Waals surface area contributed by atoms with E-state index in [0.717, 1.165) is 42.6 Å². The minimum Gasteiger partial charge on any atom is -0.496 e. The molecule has 1 aliphatic rings. The first-order valence-corrected chi connectivity index (χ1v) is 10.8. The van der Waals surface area contributed by atoms with Crippen molar-refractivity contribution in [3.8, 4) is 22.9 Å². The Labute approximate surface area is 175 Å². The lowest BCUT2D eigenvalue weighted by molar-refractivity contribution is 0.156. The van der Waals surface area contributed by atoms with Gasteiger partial charge in [-0.15, -0.1) is 0 Å². The highest BCUT2D eigenvalue weighted by molar-refractivity contribution is 5.66. The zero-order valence-electron chi connectivity index (χ0n) is 17.9. The van der Waals surface area contributed by atoms with Crippen molar-refractivity contribution < 1.29 is 4.74 Å². The monoisotopic (exact) mass is 391 g/mol. The number of nitrogens with zero attached hydrogens (tertiary/aromatic N) is 2. The molecule has 154 valence electrons. The molecule has 2 aromatic carbocycles. The van der Waals surface area contributed by atoms with Gasteiger partial charge >= 0.3 is 0 Å². The van der Waals surface area contributed by atoms with Gasteiger partial charge in [-0.1, -0.05) is 32.0 Å². The first-order chi connectivity index (χ1) is 14.2. The Balaban J connectivity index is 1.63. The molecule has 0 aromatic heterocycles. The van der Waals surface area contributed by atoms with Crippen molar-refractivity contribution in [1.29, 1.82) is 5.26 Å². The molecule has 4 nitrogen and oxygen atoms in total. The molecule has 0 heterocycles. The third-order valence-corrected chi connectivity index (χ3v) is 6.23. The van der Waals surface area contributed by atoms with E-state index in [2.05, 4.69) is 42.3 Å². The highest BCUT2D eigenvalue weighted by atomic mass is 16.5. The molecular formula is C25H33N3O. The van der Waals surface area contributed by atoms with Crippen LogP contribution in [0, 0.1) is 11.3 Å². The van der Waals surface area contributed by atoms with Crippen molar-refractivity contribution in [2.75, 3.05) is 20.2 Å². The van der Waals surface area contributed by atoms with Gasteiger partial charge in [-0.05, 0) is 74.2 Å². The molecule has 0 radical (unpaired) electrons. The van der Waals surface area contributed by atoms with Crippen molar-refractivity contribution in [3.63, 3.8) is 0 Å². The second-order valence-electron chi connectivity index (χ2n) is 7.82. The Morgan fingerprint density at radius 1 is 1.00 bits per heavy atom. The third-order valence-electron chi connectivity index (χ3n) is 6.23. The van der Waals surface area contributed by atoms with Gasteiger partial charge in [-0.25, -0.2) is 0 Å². The standard InChI is InChI=1S/C25H33N3O/c1-4-28(5-2)24-13-11-23(12-14-24)27-18-22-16-21(10-15-25(22)29-3)20-8-6-19(17-26)7-9-20/h6-10,15-16,23-24,27H,4-5,11-14,18H2,1-3H3. The molecule has 0 bridgehead atoms. The summed E-state index contributed by atoms with van der Waals surface area (Å²) in [5.74, 6) is 0.923. The molecule has 0 saturated heterocycles. The van der Waals surface area contributed by atoms with E-state index in [-0.39, 0.29) is 0 Å². The lowest BCUT2D eigenvalue weighted by Crippen LogP contribution is -2.42. The number of ether oxygens (including phenoxy) is 1. The van der Waals surface area contributed by atoms with Crippen molar-refractivity contribution in [2.24, 2.45) is 0 Å². The third kappa shape index (κ3) is 5.38. The summed E-state index contributed by atoms with van der Waals surface area (Å²) < 4.78 is 5.60. The molecule has 1 N–H and O–H groups in total. The second kappa shape index (κ2) is 10.4. The maximum Gasteiger partial charge on any atom is 0.123 e. The quantitative estimate of drug-likeness (QED) is 0.690. The molecule has 2 aromatic rings. The van der Waals surface area contributed by atoms with Gasteiger partial charge < -0.3 is 15.0 Å². The van der Waals surface area contributed by atoms with E-state index < -0.39 is 0 Å². The predicted octanol–water partition coefficient (Wildman–Crippen LogP) is 4.98. The molecule has 1 aliphatic carbocycles. The van der Waals surface area contributed by atoms with E-state index in [1.54, 1.807) is 7.11 Å². The van der Waals surface area contributed by atoms with Crippen molar-refractivity contribution in [1.82, 2.24) is 10.2 Å². The van der Waals surface area contributed by atoms with E-state index in [9.17, 15) is 0 Å². The van der Waals surface area contributed by atoms with Crippen LogP contribution >= 0.6 is 0 Å². The number of benzene rings is 2. The van der Waals surface area contributed by atoms with Crippen LogP contribution in [-0.4, -0.2) is 37.2 Å². The van der Waals surface area contributed by atoms with E-state index in [1.165, 1.54) is 31.2 Å². The van der Waals surface area contributed by atoms with Crippen LogP contribution in [0.5, 0.6) is 5.75 Å². The molecule has 0 aliphatic heterocycles. The summed E-state index contributed by atoms with van der Waals surface area (Å²) in [6.45, 7) is 7.65. The summed E-state index contributed by atoms with van der Waals surface area (Å²) in [4.78, 5) is 2.60. The Bertz CT molecular complexity index is 813. The van der Waals surface area contributed by atoms with Crippen LogP contribution in [0.2, 0.25) is 0 Å². The predicted molar refractivity (Wildman–Crippen MR) is 119 cm³/mol. The van der Waals surface area contributed by atoms with Gasteiger partial charge in [0.25, 0.3) is 0 Å². The zero-order chi connectivity index (χ0) is 20.6. The maximum absolute atomic E-state index is 9.00. The smallest absolute Gasteiger partial charge is 0.123 e. The lowest BCUT2D eigenvalue weighted by Gasteiger charge is -2.36. The summed E-state index contributed by atoms with van der Waals surface area (Å²) in [6, 6.07) is 17.6. The van der Waals surface area contributed by atoms with Crippen LogP contribution < -0.4 is 10.1 Å². The van der Waals surface area contributed by atoms with E-state index >= 15 is 0 Å². The van der Waals surface area contributed by atoms with Gasteiger partial charge in [0.1, 0.15) is 5.75 Å². The number of hydrogen-bond acceptors (Lipinski definition) is 4. The molecule has 4 heteroatoms. The van der Waals surface area contributed by atoms with Crippen molar-refractivity contribution >= 4 is 0 Å². The molecule has 0 unspecified atom stereocenters. The van der Waals surface area contributed by atoms with Crippen molar-refractivity contribution in [2.45, 2.75) is 58.2 Å². The summed E-state index contributed by atoms with van der Waals surface area (Å²) >= 11 is 0. The zero-order valence-corrected chi connectivity index (χ0v) is 17.9. The largest absolute Gasteiger partial charge is 0.496 e. The fourth-order valence-corrected chi connectivity index (χ4v) is 4.47. The Hall–Kier alpha value is -2.35. The molecule has 0 amide bonds. The molecule has 0 atom stereocenters. The highest BCUT2D eigenvalue weighted by Crippen LogP contribution is 2.28. The second-order valence-corrected chi connectivity index (χ2v) is 7.82. The molecule has 29 heavy (non-hydrogen) atoms. The van der Waals surface area contributed by atoms with Crippen LogP contribution in [0.4, 0.5) is 0 Å². The Kier molecular flexibility index (Phi) is 7.69. The van der Waals surface area contributed by atoms with E-state index in [4.69, 9.17) is 10.00 Å². The molecule has 0 spiro atoms. The maximum atomic E-state index is 9.00. The average molecular weight is 392 g/mol. The fourth-order valence-electron chi connectivity index (χ4n) is 4.47. The first kappa shape index (κ1) is 21.4. The van der Waals surface area contributed by atoms with Gasteiger partial charge in [0.05, 0.1) is 18.7 Å². The first-order valence-electron chi connectivity index (χ1n) is 10.8. The van der Waals surface area contributed by atoms with Gasteiger partial charge in [-0.2, -0.15) is 5.26 Å². The van der Waals surface area contributed by atoms with Crippen molar-refractivity contribution in [3.05, 3.63) is 53.6 Å². The van der Waals surface area contributed by atoms with Gasteiger partial charge in [-0.3, -0.25) is 0 Å². The summed E-state index contributed by atoms with van der Waals surface area (Å²) in [5.41, 5.74) is 4.13.